The number of Topliss-reactive ketones (excluding diaryl/α,β-unsaturated/α-hetero) is 1. The fourth-order valence-electron chi connectivity index (χ4n) is 7.27. The first-order chi connectivity index (χ1) is 12.0. The summed E-state index contributed by atoms with van der Waals surface area (Å²) < 4.78 is 0. The maximum Gasteiger partial charge on any atom is 0.161 e. The molecule has 25 heavy (non-hydrogen) atoms. The Kier molecular flexibility index (Phi) is 4.19. The summed E-state index contributed by atoms with van der Waals surface area (Å²) in [6.45, 7) is 2.01. The van der Waals surface area contributed by atoms with Crippen molar-refractivity contribution in [1.82, 2.24) is 0 Å². The van der Waals surface area contributed by atoms with Crippen LogP contribution in [0.2, 0.25) is 0 Å². The summed E-state index contributed by atoms with van der Waals surface area (Å²) in [5, 5.41) is 19.7. The summed E-state index contributed by atoms with van der Waals surface area (Å²) in [5.74, 6) is 1.50. The van der Waals surface area contributed by atoms with Crippen LogP contribution >= 0.6 is 0 Å². The van der Waals surface area contributed by atoms with Crippen LogP contribution in [0.15, 0.2) is 11.6 Å². The average molecular weight is 346 g/mol. The van der Waals surface area contributed by atoms with Crippen LogP contribution in [-0.4, -0.2) is 35.0 Å². The summed E-state index contributed by atoms with van der Waals surface area (Å²) in [4.78, 5) is 24.2. The van der Waals surface area contributed by atoms with E-state index in [-0.39, 0.29) is 34.9 Å². The van der Waals surface area contributed by atoms with E-state index in [0.717, 1.165) is 44.9 Å². The van der Waals surface area contributed by atoms with Gasteiger partial charge in [0.25, 0.3) is 0 Å². The SMILES string of the molecule is CC12CCC(=O)C=C1CCC1C2CCC2(CO)C(C(=O)CO)CCC12. The Balaban J connectivity index is 1.67. The molecular formula is C21H30O4. The van der Waals surface area contributed by atoms with E-state index in [1.165, 1.54) is 5.57 Å². The van der Waals surface area contributed by atoms with Crippen molar-refractivity contribution in [2.24, 2.45) is 34.5 Å². The molecule has 0 amide bonds. The van der Waals surface area contributed by atoms with Gasteiger partial charge in [-0.2, -0.15) is 0 Å². The number of fused-ring (bicyclic) bond motifs is 5. The Hall–Kier alpha value is -1.00. The highest BCUT2D eigenvalue weighted by molar-refractivity contribution is 5.91. The minimum atomic E-state index is -0.403. The van der Waals surface area contributed by atoms with Gasteiger partial charge in [0.1, 0.15) is 6.61 Å². The quantitative estimate of drug-likeness (QED) is 0.824. The number of aliphatic hydroxyl groups excluding tert-OH is 2. The topological polar surface area (TPSA) is 74.6 Å². The minimum Gasteiger partial charge on any atom is -0.396 e. The number of aliphatic hydroxyl groups is 2. The lowest BCUT2D eigenvalue weighted by molar-refractivity contribution is -0.138. The molecule has 0 bridgehead atoms. The summed E-state index contributed by atoms with van der Waals surface area (Å²) >= 11 is 0. The van der Waals surface area contributed by atoms with E-state index < -0.39 is 6.61 Å². The van der Waals surface area contributed by atoms with Gasteiger partial charge in [0.05, 0.1) is 0 Å². The van der Waals surface area contributed by atoms with Crippen LogP contribution in [0.4, 0.5) is 0 Å². The number of carbonyl (C=O) groups is 2. The van der Waals surface area contributed by atoms with Crippen molar-refractivity contribution >= 4 is 11.6 Å². The van der Waals surface area contributed by atoms with Crippen LogP contribution in [-0.2, 0) is 9.59 Å². The summed E-state index contributed by atoms with van der Waals surface area (Å²) in [6, 6.07) is 0. The number of hydrogen-bond acceptors (Lipinski definition) is 4. The fourth-order valence-corrected chi connectivity index (χ4v) is 7.27. The first kappa shape index (κ1) is 17.4. The van der Waals surface area contributed by atoms with Gasteiger partial charge in [-0.3, -0.25) is 9.59 Å². The third-order valence-corrected chi connectivity index (χ3v) is 8.52. The highest BCUT2D eigenvalue weighted by Gasteiger charge is 2.61. The van der Waals surface area contributed by atoms with Crippen molar-refractivity contribution < 1.29 is 19.8 Å². The molecule has 0 spiro atoms. The van der Waals surface area contributed by atoms with Crippen LogP contribution < -0.4 is 0 Å². The first-order valence-corrected chi connectivity index (χ1v) is 9.94. The number of ketones is 2. The Bertz CT molecular complexity index is 623. The van der Waals surface area contributed by atoms with Crippen molar-refractivity contribution in [3.05, 3.63) is 11.6 Å². The van der Waals surface area contributed by atoms with Gasteiger partial charge in [-0.1, -0.05) is 12.5 Å². The molecule has 4 heteroatoms. The van der Waals surface area contributed by atoms with Crippen LogP contribution in [0.5, 0.6) is 0 Å². The zero-order valence-corrected chi connectivity index (χ0v) is 15.2. The molecule has 4 aliphatic carbocycles. The third kappa shape index (κ3) is 2.33. The van der Waals surface area contributed by atoms with Gasteiger partial charge in [-0.05, 0) is 74.2 Å². The molecule has 4 nitrogen and oxygen atoms in total. The monoisotopic (exact) mass is 346 g/mol. The van der Waals surface area contributed by atoms with E-state index in [0.29, 0.717) is 24.2 Å². The molecule has 6 atom stereocenters. The molecule has 4 aliphatic rings. The molecule has 0 saturated heterocycles. The van der Waals surface area contributed by atoms with Gasteiger partial charge >= 0.3 is 0 Å². The molecule has 3 saturated carbocycles. The van der Waals surface area contributed by atoms with E-state index in [2.05, 4.69) is 6.92 Å². The molecule has 2 N–H and O–H groups in total. The second-order valence-electron chi connectivity index (χ2n) is 9.15. The van der Waals surface area contributed by atoms with Gasteiger partial charge in [0.15, 0.2) is 11.6 Å². The van der Waals surface area contributed by atoms with Crippen LogP contribution in [0.3, 0.4) is 0 Å². The molecule has 4 rings (SSSR count). The molecule has 0 aromatic heterocycles. The van der Waals surface area contributed by atoms with Gasteiger partial charge in [0, 0.05) is 24.4 Å². The molecule has 0 aromatic carbocycles. The number of carbonyl (C=O) groups excluding carboxylic acids is 2. The number of allylic oxidation sites excluding steroid dienone is 1. The molecule has 6 unspecified atom stereocenters. The highest BCUT2D eigenvalue weighted by atomic mass is 16.3. The molecule has 0 aromatic rings. The Morgan fingerprint density at radius 3 is 2.64 bits per heavy atom. The van der Waals surface area contributed by atoms with Crippen LogP contribution in [0.1, 0.15) is 58.3 Å². The number of hydrogen-bond donors (Lipinski definition) is 2. The van der Waals surface area contributed by atoms with Crippen molar-refractivity contribution in [1.29, 1.82) is 0 Å². The van der Waals surface area contributed by atoms with Crippen molar-refractivity contribution in [2.75, 3.05) is 13.2 Å². The Morgan fingerprint density at radius 2 is 1.92 bits per heavy atom. The Labute approximate surface area is 149 Å². The van der Waals surface area contributed by atoms with E-state index in [4.69, 9.17) is 0 Å². The minimum absolute atomic E-state index is 0.0647. The first-order valence-electron chi connectivity index (χ1n) is 9.94. The summed E-state index contributed by atoms with van der Waals surface area (Å²) in [5.41, 5.74) is 1.16. The average Bonchev–Trinajstić information content (AvgIpc) is 3.01. The second-order valence-corrected chi connectivity index (χ2v) is 9.15. The maximum absolute atomic E-state index is 12.3. The Morgan fingerprint density at radius 1 is 1.12 bits per heavy atom. The van der Waals surface area contributed by atoms with E-state index in [1.807, 2.05) is 6.08 Å². The van der Waals surface area contributed by atoms with Gasteiger partial charge in [0.2, 0.25) is 0 Å². The molecule has 3 fully saturated rings. The second kappa shape index (κ2) is 6.02. The van der Waals surface area contributed by atoms with E-state index >= 15 is 0 Å². The molecule has 138 valence electrons. The zero-order valence-electron chi connectivity index (χ0n) is 15.2. The normalized spacial score (nSPS) is 46.0. The van der Waals surface area contributed by atoms with Crippen LogP contribution in [0.25, 0.3) is 0 Å². The lowest BCUT2D eigenvalue weighted by Crippen LogP contribution is -2.53. The van der Waals surface area contributed by atoms with Crippen molar-refractivity contribution in [2.45, 2.75) is 58.3 Å². The maximum atomic E-state index is 12.3. The van der Waals surface area contributed by atoms with Gasteiger partial charge in [-0.25, -0.2) is 0 Å². The zero-order chi connectivity index (χ0) is 17.8. The molecular weight excluding hydrogens is 316 g/mol. The summed E-state index contributed by atoms with van der Waals surface area (Å²) in [7, 11) is 0. The number of rotatable bonds is 3. The third-order valence-electron chi connectivity index (χ3n) is 8.52. The lowest BCUT2D eigenvalue weighted by atomic mass is 9.46. The van der Waals surface area contributed by atoms with Crippen molar-refractivity contribution in [3.63, 3.8) is 0 Å². The predicted octanol–water partition coefficient (Wildman–Crippen LogP) is 2.67. The van der Waals surface area contributed by atoms with E-state index in [9.17, 15) is 19.8 Å². The fraction of sp³-hybridized carbons (Fsp3) is 0.810. The standard InChI is InChI=1S/C21H30O4/c1-20-8-6-14(24)10-13(20)2-3-15-16(20)7-9-21(12-23)17(15)4-5-18(21)19(25)11-22/h10,15-18,22-23H,2-9,11-12H2,1H3. The smallest absolute Gasteiger partial charge is 0.161 e. The molecule has 0 radical (unpaired) electrons. The lowest BCUT2D eigenvalue weighted by Gasteiger charge is -2.58. The van der Waals surface area contributed by atoms with Gasteiger partial charge in [-0.15, -0.1) is 0 Å². The predicted molar refractivity (Wildman–Crippen MR) is 93.7 cm³/mol. The molecule has 0 aliphatic heterocycles. The van der Waals surface area contributed by atoms with Crippen LogP contribution in [0, 0.1) is 34.5 Å². The summed E-state index contributed by atoms with van der Waals surface area (Å²) in [6.07, 6.45) is 9.30. The van der Waals surface area contributed by atoms with Crippen molar-refractivity contribution in [3.8, 4) is 0 Å². The van der Waals surface area contributed by atoms with E-state index in [1.54, 1.807) is 0 Å². The largest absolute Gasteiger partial charge is 0.396 e. The molecule has 0 heterocycles. The highest BCUT2D eigenvalue weighted by Crippen LogP contribution is 2.66. The van der Waals surface area contributed by atoms with Gasteiger partial charge < -0.3 is 10.2 Å².